The molecule has 0 bridgehead atoms. The second-order valence-electron chi connectivity index (χ2n) is 4.23. The minimum Gasteiger partial charge on any atom is -0.493 e. The number of rotatable bonds is 6. The Morgan fingerprint density at radius 2 is 2.18 bits per heavy atom. The molecular formula is C11H20N3O2S+. The van der Waals surface area contributed by atoms with Crippen LogP contribution in [-0.2, 0) is 6.42 Å². The van der Waals surface area contributed by atoms with Crippen molar-refractivity contribution >= 4 is 11.8 Å². The first-order valence-corrected chi connectivity index (χ1v) is 6.77. The van der Waals surface area contributed by atoms with Crippen LogP contribution in [-0.4, -0.2) is 41.5 Å². The normalized spacial score (nSPS) is 11.1. The highest BCUT2D eigenvalue weighted by Crippen LogP contribution is 2.16. The van der Waals surface area contributed by atoms with Crippen LogP contribution in [0.5, 0.6) is 5.88 Å². The summed E-state index contributed by atoms with van der Waals surface area (Å²) < 4.78 is 0. The van der Waals surface area contributed by atoms with Crippen molar-refractivity contribution in [2.24, 2.45) is 0 Å². The van der Waals surface area contributed by atoms with E-state index in [4.69, 9.17) is 0 Å². The highest BCUT2D eigenvalue weighted by Gasteiger charge is 2.10. The Labute approximate surface area is 105 Å². The molecule has 0 aliphatic carbocycles. The van der Waals surface area contributed by atoms with E-state index in [-0.39, 0.29) is 11.4 Å². The van der Waals surface area contributed by atoms with E-state index >= 15 is 0 Å². The molecule has 0 amide bonds. The molecule has 0 aliphatic rings. The zero-order chi connectivity index (χ0) is 12.8. The maximum atomic E-state index is 11.7. The fourth-order valence-corrected chi connectivity index (χ4v) is 2.38. The van der Waals surface area contributed by atoms with E-state index < -0.39 is 0 Å². The summed E-state index contributed by atoms with van der Waals surface area (Å²) in [6.07, 6.45) is 1.37. The summed E-state index contributed by atoms with van der Waals surface area (Å²) >= 11 is 1.46. The molecule has 0 atom stereocenters. The molecule has 1 aromatic heterocycles. The molecule has 3 N–H and O–H groups in total. The standard InChI is InChI=1S/C11H19N3O2S/c1-4-5-8-9(15)12-11(13-10(8)16)17-7-6-14(2)3/h4-7H2,1-3H3,(H2,12,13,15,16)/p+1. The lowest BCUT2D eigenvalue weighted by Gasteiger charge is -2.07. The van der Waals surface area contributed by atoms with Crippen molar-refractivity contribution in [1.29, 1.82) is 0 Å². The lowest BCUT2D eigenvalue weighted by molar-refractivity contribution is -0.855. The lowest BCUT2D eigenvalue weighted by atomic mass is 10.2. The fraction of sp³-hybridized carbons (Fsp3) is 0.636. The minimum absolute atomic E-state index is 0.129. The van der Waals surface area contributed by atoms with Gasteiger partial charge in [-0.25, -0.2) is 0 Å². The summed E-state index contributed by atoms with van der Waals surface area (Å²) in [6.45, 7) is 2.94. The topological polar surface area (TPSA) is 70.4 Å². The molecule has 96 valence electrons. The number of hydrogen-bond acceptors (Lipinski definition) is 4. The summed E-state index contributed by atoms with van der Waals surface area (Å²) in [6, 6.07) is 0. The Bertz CT molecular complexity index is 418. The molecule has 6 heteroatoms. The van der Waals surface area contributed by atoms with Gasteiger partial charge in [0.15, 0.2) is 5.16 Å². The Kier molecular flexibility index (Phi) is 5.50. The van der Waals surface area contributed by atoms with Crippen molar-refractivity contribution in [3.05, 3.63) is 15.9 Å². The molecule has 0 fully saturated rings. The van der Waals surface area contributed by atoms with Gasteiger partial charge in [0, 0.05) is 0 Å². The number of H-pyrrole nitrogens is 1. The van der Waals surface area contributed by atoms with Gasteiger partial charge in [0.05, 0.1) is 32.0 Å². The minimum atomic E-state index is -0.223. The van der Waals surface area contributed by atoms with Gasteiger partial charge in [-0.2, -0.15) is 4.98 Å². The van der Waals surface area contributed by atoms with Crippen LogP contribution in [0, 0.1) is 0 Å². The molecule has 1 aromatic rings. The molecule has 1 heterocycles. The Balaban J connectivity index is 2.73. The van der Waals surface area contributed by atoms with Crippen molar-refractivity contribution in [1.82, 2.24) is 9.97 Å². The van der Waals surface area contributed by atoms with Crippen molar-refractivity contribution in [3.63, 3.8) is 0 Å². The second-order valence-corrected chi connectivity index (χ2v) is 5.31. The van der Waals surface area contributed by atoms with Crippen molar-refractivity contribution in [3.8, 4) is 5.88 Å². The maximum absolute atomic E-state index is 11.7. The summed E-state index contributed by atoms with van der Waals surface area (Å²) in [7, 11) is 4.14. The van der Waals surface area contributed by atoms with E-state index in [0.29, 0.717) is 17.1 Å². The fourth-order valence-electron chi connectivity index (χ4n) is 1.36. The Morgan fingerprint density at radius 1 is 1.47 bits per heavy atom. The van der Waals surface area contributed by atoms with Crippen molar-refractivity contribution < 1.29 is 10.0 Å². The summed E-state index contributed by atoms with van der Waals surface area (Å²) in [5, 5.41) is 10.2. The molecule has 0 radical (unpaired) electrons. The Morgan fingerprint density at radius 3 is 2.71 bits per heavy atom. The molecule has 0 unspecified atom stereocenters. The predicted octanol–water partition coefficient (Wildman–Crippen LogP) is -0.335. The van der Waals surface area contributed by atoms with Gasteiger partial charge in [-0.15, -0.1) is 0 Å². The van der Waals surface area contributed by atoms with Crippen LogP contribution >= 0.6 is 11.8 Å². The molecular weight excluding hydrogens is 238 g/mol. The quantitative estimate of drug-likeness (QED) is 0.482. The zero-order valence-electron chi connectivity index (χ0n) is 10.5. The second kappa shape index (κ2) is 6.66. The highest BCUT2D eigenvalue weighted by atomic mass is 32.2. The first-order valence-electron chi connectivity index (χ1n) is 5.78. The molecule has 1 rings (SSSR count). The number of quaternary nitrogens is 1. The third kappa shape index (κ3) is 4.40. The van der Waals surface area contributed by atoms with Gasteiger partial charge in [0.2, 0.25) is 5.88 Å². The average molecular weight is 258 g/mol. The molecule has 5 nitrogen and oxygen atoms in total. The smallest absolute Gasteiger partial charge is 0.258 e. The van der Waals surface area contributed by atoms with Gasteiger partial charge >= 0.3 is 0 Å². The predicted molar refractivity (Wildman–Crippen MR) is 68.9 cm³/mol. The number of aromatic amines is 1. The number of aromatic nitrogens is 2. The third-order valence-corrected chi connectivity index (χ3v) is 3.19. The van der Waals surface area contributed by atoms with Crippen LogP contribution in [0.25, 0.3) is 0 Å². The maximum Gasteiger partial charge on any atom is 0.258 e. The molecule has 0 saturated carbocycles. The zero-order valence-corrected chi connectivity index (χ0v) is 11.4. The highest BCUT2D eigenvalue weighted by molar-refractivity contribution is 7.99. The number of thioether (sulfide) groups is 1. The first-order chi connectivity index (χ1) is 8.04. The van der Waals surface area contributed by atoms with Crippen LogP contribution in [0.3, 0.4) is 0 Å². The first kappa shape index (κ1) is 14.1. The van der Waals surface area contributed by atoms with Gasteiger partial charge in [-0.1, -0.05) is 25.1 Å². The van der Waals surface area contributed by atoms with Crippen molar-refractivity contribution in [2.75, 3.05) is 26.4 Å². The lowest BCUT2D eigenvalue weighted by Crippen LogP contribution is -3.06. The van der Waals surface area contributed by atoms with E-state index in [9.17, 15) is 9.90 Å². The van der Waals surface area contributed by atoms with Crippen LogP contribution in [0.4, 0.5) is 0 Å². The molecule has 0 aromatic carbocycles. The van der Waals surface area contributed by atoms with E-state index in [1.807, 2.05) is 6.92 Å². The largest absolute Gasteiger partial charge is 0.493 e. The summed E-state index contributed by atoms with van der Waals surface area (Å²) in [5.74, 6) is 0.730. The Hall–Kier alpha value is -1.01. The molecule has 0 spiro atoms. The molecule has 17 heavy (non-hydrogen) atoms. The van der Waals surface area contributed by atoms with Gasteiger partial charge in [0.25, 0.3) is 5.56 Å². The number of aromatic hydroxyl groups is 1. The number of nitrogens with one attached hydrogen (secondary N) is 2. The average Bonchev–Trinajstić information content (AvgIpc) is 2.23. The number of nitrogens with zero attached hydrogens (tertiary/aromatic N) is 1. The van der Waals surface area contributed by atoms with E-state index in [1.54, 1.807) is 0 Å². The van der Waals surface area contributed by atoms with Crippen LogP contribution in [0.15, 0.2) is 9.95 Å². The van der Waals surface area contributed by atoms with Crippen LogP contribution in [0.1, 0.15) is 18.9 Å². The van der Waals surface area contributed by atoms with E-state index in [1.165, 1.54) is 16.7 Å². The van der Waals surface area contributed by atoms with Crippen molar-refractivity contribution in [2.45, 2.75) is 24.9 Å². The molecule has 0 saturated heterocycles. The van der Waals surface area contributed by atoms with Crippen LogP contribution < -0.4 is 10.5 Å². The van der Waals surface area contributed by atoms with Gasteiger partial charge in [-0.3, -0.25) is 4.79 Å². The van der Waals surface area contributed by atoms with Gasteiger partial charge < -0.3 is 15.0 Å². The summed E-state index contributed by atoms with van der Waals surface area (Å²) in [4.78, 5) is 19.7. The van der Waals surface area contributed by atoms with Gasteiger partial charge in [0.1, 0.15) is 0 Å². The SMILES string of the molecule is CCCc1c(O)nc(SCC[NH+](C)C)[nH]c1=O. The number of hydrogen-bond donors (Lipinski definition) is 3. The summed E-state index contributed by atoms with van der Waals surface area (Å²) in [5.41, 5.74) is 0.161. The van der Waals surface area contributed by atoms with E-state index in [2.05, 4.69) is 24.1 Å². The van der Waals surface area contributed by atoms with Crippen LogP contribution in [0.2, 0.25) is 0 Å². The molecule has 0 aliphatic heterocycles. The third-order valence-electron chi connectivity index (χ3n) is 2.31. The van der Waals surface area contributed by atoms with Gasteiger partial charge in [-0.05, 0) is 6.42 Å². The monoisotopic (exact) mass is 258 g/mol. The van der Waals surface area contributed by atoms with E-state index in [0.717, 1.165) is 18.7 Å².